The largest absolute Gasteiger partial charge is 0.458 e. The van der Waals surface area contributed by atoms with Crippen LogP contribution in [-0.4, -0.2) is 14.1 Å². The summed E-state index contributed by atoms with van der Waals surface area (Å²) in [4.78, 5) is 4.83. The van der Waals surface area contributed by atoms with Gasteiger partial charge in [0.2, 0.25) is 0 Å². The summed E-state index contributed by atoms with van der Waals surface area (Å²) in [6, 6.07) is 63.6. The molecule has 3 aromatic heterocycles. The van der Waals surface area contributed by atoms with E-state index in [0.29, 0.717) is 5.92 Å². The van der Waals surface area contributed by atoms with Crippen LogP contribution >= 0.6 is 0 Å². The lowest BCUT2D eigenvalue weighted by Crippen LogP contribution is -2.31. The smallest absolute Gasteiger partial charge is 0.269 e. The minimum atomic E-state index is 0.393. The molecule has 0 N–H and O–H groups in total. The van der Waals surface area contributed by atoms with Gasteiger partial charge in [0.25, 0.3) is 6.33 Å². The first-order chi connectivity index (χ1) is 27.6. The van der Waals surface area contributed by atoms with Gasteiger partial charge in [-0.15, -0.1) is 0 Å². The van der Waals surface area contributed by atoms with Crippen molar-refractivity contribution in [1.82, 2.24) is 14.1 Å². The number of benzene rings is 7. The van der Waals surface area contributed by atoms with Crippen LogP contribution in [0.25, 0.3) is 72.3 Å². The molecule has 0 bridgehead atoms. The Bertz CT molecular complexity index is 2970. The molecule has 0 aliphatic carbocycles. The van der Waals surface area contributed by atoms with Crippen molar-refractivity contribution in [2.24, 2.45) is 0 Å². The molecular formula is C51H38N4O. The van der Waals surface area contributed by atoms with E-state index in [9.17, 15) is 0 Å². The molecule has 0 spiro atoms. The highest BCUT2D eigenvalue weighted by Gasteiger charge is 2.20. The third-order valence-electron chi connectivity index (χ3n) is 10.6. The van der Waals surface area contributed by atoms with E-state index in [1.54, 1.807) is 0 Å². The molecular weight excluding hydrogens is 685 g/mol. The van der Waals surface area contributed by atoms with Crippen LogP contribution in [0.2, 0.25) is 0 Å². The Balaban J connectivity index is 1.09. The van der Waals surface area contributed by atoms with E-state index in [1.807, 2.05) is 18.3 Å². The monoisotopic (exact) mass is 722 g/mol. The fourth-order valence-corrected chi connectivity index (χ4v) is 7.90. The Morgan fingerprint density at radius 2 is 1.20 bits per heavy atom. The standard InChI is InChI=1S/C51H38N4O/c1-35(2)38-29-30-52-50(31-38)55-46-24-10-9-21-44(46)45-28-27-41(33-49(45)55)56-40-20-13-19-39(32-40)53-34-54(48-26-12-11-25-47(48)53)51-42(36-15-5-3-6-16-36)22-14-23-43(51)37-17-7-4-8-18-37/h3-33,35H,1-2H3. The number of fused-ring (bicyclic) bond motifs is 4. The maximum absolute atomic E-state index is 6.69. The fraction of sp³-hybridized carbons (Fsp3) is 0.0588. The van der Waals surface area contributed by atoms with Gasteiger partial charge in [0.1, 0.15) is 17.3 Å². The molecule has 56 heavy (non-hydrogen) atoms. The highest BCUT2D eigenvalue weighted by molar-refractivity contribution is 6.09. The maximum Gasteiger partial charge on any atom is 0.269 e. The van der Waals surface area contributed by atoms with Gasteiger partial charge in [-0.2, -0.15) is 0 Å². The SMILES string of the molecule is CC(C)c1ccnc(-n2c3ccccc3c3ccc(Oc4cccc(-n5[c-][n+](-c6c(-c7ccccc7)cccc6-c6ccccc6)c6ccccc65)c4)cc32)c1. The van der Waals surface area contributed by atoms with Crippen LogP contribution in [0.3, 0.4) is 0 Å². The van der Waals surface area contributed by atoms with Crippen molar-refractivity contribution in [3.8, 4) is 50.9 Å². The molecule has 0 amide bonds. The molecule has 0 atom stereocenters. The summed E-state index contributed by atoms with van der Waals surface area (Å²) in [5.74, 6) is 2.77. The van der Waals surface area contributed by atoms with Gasteiger partial charge in [-0.3, -0.25) is 13.7 Å². The van der Waals surface area contributed by atoms with Crippen molar-refractivity contribution in [1.29, 1.82) is 0 Å². The van der Waals surface area contributed by atoms with E-state index >= 15 is 0 Å². The predicted molar refractivity (Wildman–Crippen MR) is 227 cm³/mol. The Kier molecular flexibility index (Phi) is 8.26. The van der Waals surface area contributed by atoms with E-state index in [2.05, 4.69) is 204 Å². The maximum atomic E-state index is 6.69. The number of imidazole rings is 1. The molecule has 0 radical (unpaired) electrons. The van der Waals surface area contributed by atoms with Gasteiger partial charge in [0, 0.05) is 23.0 Å². The van der Waals surface area contributed by atoms with E-state index in [4.69, 9.17) is 9.72 Å². The average molecular weight is 723 g/mol. The van der Waals surface area contributed by atoms with Crippen LogP contribution in [0.5, 0.6) is 11.5 Å². The highest BCUT2D eigenvalue weighted by Crippen LogP contribution is 2.37. The third-order valence-corrected chi connectivity index (χ3v) is 10.6. The summed E-state index contributed by atoms with van der Waals surface area (Å²) in [6.07, 6.45) is 5.69. The number of nitrogens with zero attached hydrogens (tertiary/aromatic N) is 4. The minimum absolute atomic E-state index is 0.393. The Hall–Kier alpha value is -7.24. The molecule has 0 aliphatic rings. The first kappa shape index (κ1) is 33.3. The Morgan fingerprint density at radius 1 is 0.554 bits per heavy atom. The van der Waals surface area contributed by atoms with Gasteiger partial charge < -0.3 is 4.74 Å². The molecule has 0 aliphatic heterocycles. The number of aromatic nitrogens is 4. The van der Waals surface area contributed by atoms with Crippen molar-refractivity contribution in [3.05, 3.63) is 200 Å². The number of pyridine rings is 1. The Morgan fingerprint density at radius 3 is 1.95 bits per heavy atom. The molecule has 5 nitrogen and oxygen atoms in total. The molecule has 0 saturated heterocycles. The van der Waals surface area contributed by atoms with Gasteiger partial charge in [0.15, 0.2) is 0 Å². The summed E-state index contributed by atoms with van der Waals surface area (Å²) in [7, 11) is 0. The van der Waals surface area contributed by atoms with E-state index in [0.717, 1.165) is 78.4 Å². The summed E-state index contributed by atoms with van der Waals surface area (Å²) < 4.78 is 13.3. The second-order valence-electron chi connectivity index (χ2n) is 14.4. The van der Waals surface area contributed by atoms with Gasteiger partial charge in [-0.05, 0) is 82.3 Å². The number of ether oxygens (including phenoxy) is 1. The zero-order valence-electron chi connectivity index (χ0n) is 31.2. The molecule has 3 heterocycles. The normalized spacial score (nSPS) is 11.6. The quantitative estimate of drug-likeness (QED) is 0.116. The lowest BCUT2D eigenvalue weighted by atomic mass is 9.95. The topological polar surface area (TPSA) is 35.9 Å². The summed E-state index contributed by atoms with van der Waals surface area (Å²) >= 11 is 0. The fourth-order valence-electron chi connectivity index (χ4n) is 7.90. The molecule has 5 heteroatoms. The molecule has 10 rings (SSSR count). The van der Waals surface area contributed by atoms with Crippen molar-refractivity contribution in [3.63, 3.8) is 0 Å². The van der Waals surface area contributed by atoms with Crippen LogP contribution in [0, 0.1) is 6.33 Å². The van der Waals surface area contributed by atoms with Crippen LogP contribution < -0.4 is 9.30 Å². The lowest BCUT2D eigenvalue weighted by Gasteiger charge is -2.17. The molecule has 7 aromatic carbocycles. The zero-order chi connectivity index (χ0) is 37.6. The predicted octanol–water partition coefficient (Wildman–Crippen LogP) is 12.4. The minimum Gasteiger partial charge on any atom is -0.458 e. The number of para-hydroxylation sites is 4. The van der Waals surface area contributed by atoms with Crippen LogP contribution in [0.15, 0.2) is 188 Å². The van der Waals surface area contributed by atoms with Crippen LogP contribution in [-0.2, 0) is 0 Å². The lowest BCUT2D eigenvalue weighted by molar-refractivity contribution is -0.571. The third kappa shape index (κ3) is 5.82. The average Bonchev–Trinajstić information content (AvgIpc) is 3.80. The second kappa shape index (κ2) is 13.9. The summed E-state index contributed by atoms with van der Waals surface area (Å²) in [5, 5.41) is 2.34. The van der Waals surface area contributed by atoms with Gasteiger partial charge >= 0.3 is 0 Å². The first-order valence-electron chi connectivity index (χ1n) is 19.1. The number of hydrogen-bond acceptors (Lipinski definition) is 2. The van der Waals surface area contributed by atoms with Crippen LogP contribution in [0.4, 0.5) is 0 Å². The zero-order valence-corrected chi connectivity index (χ0v) is 31.2. The molecule has 0 saturated carbocycles. The van der Waals surface area contributed by atoms with Gasteiger partial charge in [0.05, 0.1) is 33.4 Å². The van der Waals surface area contributed by atoms with Crippen molar-refractivity contribution in [2.45, 2.75) is 19.8 Å². The summed E-state index contributed by atoms with van der Waals surface area (Å²) in [5.41, 5.74) is 12.1. The van der Waals surface area contributed by atoms with Gasteiger partial charge in [-0.1, -0.05) is 141 Å². The Labute approximate surface area is 326 Å². The molecule has 0 unspecified atom stereocenters. The summed E-state index contributed by atoms with van der Waals surface area (Å²) in [6.45, 7) is 4.43. The highest BCUT2D eigenvalue weighted by atomic mass is 16.5. The van der Waals surface area contributed by atoms with Gasteiger partial charge in [-0.25, -0.2) is 4.98 Å². The van der Waals surface area contributed by atoms with Crippen LogP contribution in [0.1, 0.15) is 25.3 Å². The van der Waals surface area contributed by atoms with E-state index < -0.39 is 0 Å². The molecule has 0 fully saturated rings. The van der Waals surface area contributed by atoms with Crippen molar-refractivity contribution >= 4 is 32.8 Å². The number of hydrogen-bond donors (Lipinski definition) is 0. The van der Waals surface area contributed by atoms with E-state index in [1.165, 1.54) is 10.9 Å². The first-order valence-corrected chi connectivity index (χ1v) is 19.1. The second-order valence-corrected chi connectivity index (χ2v) is 14.4. The van der Waals surface area contributed by atoms with E-state index in [-0.39, 0.29) is 0 Å². The van der Waals surface area contributed by atoms with Crippen molar-refractivity contribution in [2.75, 3.05) is 0 Å². The molecule has 268 valence electrons. The number of rotatable bonds is 8. The van der Waals surface area contributed by atoms with Crippen molar-refractivity contribution < 1.29 is 9.30 Å². The molecule has 10 aromatic rings.